The fourth-order valence-electron chi connectivity index (χ4n) is 2.30. The second kappa shape index (κ2) is 6.01. The van der Waals surface area contributed by atoms with Crippen LogP contribution in [0.15, 0.2) is 40.9 Å². The van der Waals surface area contributed by atoms with Crippen molar-refractivity contribution >= 4 is 27.0 Å². The van der Waals surface area contributed by atoms with E-state index in [-0.39, 0.29) is 6.10 Å². The van der Waals surface area contributed by atoms with E-state index in [1.807, 2.05) is 50.2 Å². The first-order valence-electron chi connectivity index (χ1n) is 7.08. The number of rotatable bonds is 4. The Balaban J connectivity index is 2.09. The molecule has 0 unspecified atom stereocenters. The molecule has 4 nitrogen and oxygen atoms in total. The minimum absolute atomic E-state index is 0.0715. The number of H-pyrrole nitrogens is 1. The number of benzene rings is 2. The maximum atomic E-state index is 5.81. The van der Waals surface area contributed by atoms with Crippen molar-refractivity contribution in [1.29, 1.82) is 0 Å². The largest absolute Gasteiger partial charge is 0.493 e. The molecule has 0 saturated carbocycles. The van der Waals surface area contributed by atoms with Gasteiger partial charge in [-0.25, -0.2) is 4.98 Å². The molecule has 2 aromatic carbocycles. The molecule has 5 heteroatoms. The smallest absolute Gasteiger partial charge is 0.175 e. The van der Waals surface area contributed by atoms with Crippen molar-refractivity contribution in [2.45, 2.75) is 20.0 Å². The van der Waals surface area contributed by atoms with Crippen LogP contribution in [0.2, 0.25) is 0 Å². The monoisotopic (exact) mass is 360 g/mol. The van der Waals surface area contributed by atoms with Crippen molar-refractivity contribution in [3.63, 3.8) is 0 Å². The molecule has 1 N–H and O–H groups in total. The molecule has 0 aliphatic rings. The molecule has 0 atom stereocenters. The highest BCUT2D eigenvalue weighted by molar-refractivity contribution is 9.10. The Morgan fingerprint density at radius 1 is 1.18 bits per heavy atom. The predicted molar refractivity (Wildman–Crippen MR) is 91.5 cm³/mol. The second-order valence-corrected chi connectivity index (χ2v) is 6.11. The van der Waals surface area contributed by atoms with Crippen LogP contribution in [0.3, 0.4) is 0 Å². The summed E-state index contributed by atoms with van der Waals surface area (Å²) in [5, 5.41) is 0. The van der Waals surface area contributed by atoms with Gasteiger partial charge in [0, 0.05) is 5.56 Å². The number of halogens is 1. The third-order valence-electron chi connectivity index (χ3n) is 3.25. The fourth-order valence-corrected chi connectivity index (χ4v) is 2.83. The Morgan fingerprint density at radius 3 is 2.64 bits per heavy atom. The Hall–Kier alpha value is -2.01. The van der Waals surface area contributed by atoms with Gasteiger partial charge in [0.1, 0.15) is 5.82 Å². The van der Waals surface area contributed by atoms with Crippen molar-refractivity contribution in [3.05, 3.63) is 40.9 Å². The highest BCUT2D eigenvalue weighted by atomic mass is 79.9. The summed E-state index contributed by atoms with van der Waals surface area (Å²) < 4.78 is 12.1. The van der Waals surface area contributed by atoms with E-state index in [4.69, 9.17) is 9.47 Å². The van der Waals surface area contributed by atoms with E-state index in [0.717, 1.165) is 26.9 Å². The standard InChI is InChI=1S/C17H17BrN2O2/c1-10(2)22-16-12(18)8-11(9-15(16)21-3)17-19-13-6-4-5-7-14(13)20-17/h4-10H,1-3H3,(H,19,20). The maximum absolute atomic E-state index is 5.81. The first kappa shape index (κ1) is 14.9. The Morgan fingerprint density at radius 2 is 1.95 bits per heavy atom. The van der Waals surface area contributed by atoms with E-state index in [1.54, 1.807) is 7.11 Å². The number of aromatic nitrogens is 2. The lowest BCUT2D eigenvalue weighted by Gasteiger charge is -2.16. The van der Waals surface area contributed by atoms with Gasteiger partial charge in [-0.2, -0.15) is 0 Å². The van der Waals surface area contributed by atoms with Gasteiger partial charge in [0.25, 0.3) is 0 Å². The minimum atomic E-state index is 0.0715. The molecule has 1 aromatic heterocycles. The van der Waals surface area contributed by atoms with Gasteiger partial charge in [-0.15, -0.1) is 0 Å². The molecule has 3 rings (SSSR count). The summed E-state index contributed by atoms with van der Waals surface area (Å²) in [6, 6.07) is 11.9. The molecule has 0 fully saturated rings. The highest BCUT2D eigenvalue weighted by Crippen LogP contribution is 2.39. The summed E-state index contributed by atoms with van der Waals surface area (Å²) in [7, 11) is 1.64. The molecular formula is C17H17BrN2O2. The molecule has 0 radical (unpaired) electrons. The van der Waals surface area contributed by atoms with Crippen molar-refractivity contribution in [3.8, 4) is 22.9 Å². The molecule has 22 heavy (non-hydrogen) atoms. The van der Waals surface area contributed by atoms with Gasteiger partial charge in [-0.3, -0.25) is 0 Å². The minimum Gasteiger partial charge on any atom is -0.493 e. The number of methoxy groups -OCH3 is 1. The zero-order valence-electron chi connectivity index (χ0n) is 12.7. The molecule has 3 aromatic rings. The van der Waals surface area contributed by atoms with E-state index in [2.05, 4.69) is 25.9 Å². The summed E-state index contributed by atoms with van der Waals surface area (Å²) >= 11 is 3.56. The first-order valence-corrected chi connectivity index (χ1v) is 7.87. The molecule has 0 aliphatic carbocycles. The van der Waals surface area contributed by atoms with Crippen LogP contribution >= 0.6 is 15.9 Å². The number of ether oxygens (including phenoxy) is 2. The van der Waals surface area contributed by atoms with Crippen LogP contribution in [-0.2, 0) is 0 Å². The number of hydrogen-bond donors (Lipinski definition) is 1. The van der Waals surface area contributed by atoms with Crippen molar-refractivity contribution < 1.29 is 9.47 Å². The second-order valence-electron chi connectivity index (χ2n) is 5.26. The molecule has 0 spiro atoms. The van der Waals surface area contributed by atoms with E-state index in [1.165, 1.54) is 0 Å². The number of fused-ring (bicyclic) bond motifs is 1. The fraction of sp³-hybridized carbons (Fsp3) is 0.235. The van der Waals surface area contributed by atoms with Crippen LogP contribution in [0, 0.1) is 0 Å². The van der Waals surface area contributed by atoms with E-state index in [0.29, 0.717) is 11.5 Å². The molecule has 1 heterocycles. The zero-order chi connectivity index (χ0) is 15.7. The van der Waals surface area contributed by atoms with Crippen LogP contribution < -0.4 is 9.47 Å². The normalized spacial score (nSPS) is 11.1. The SMILES string of the molecule is COc1cc(-c2nc3ccccc3[nH]2)cc(Br)c1OC(C)C. The number of aromatic amines is 1. The lowest BCUT2D eigenvalue weighted by Crippen LogP contribution is -2.07. The average Bonchev–Trinajstić information content (AvgIpc) is 2.92. The summed E-state index contributed by atoms with van der Waals surface area (Å²) in [6.45, 7) is 3.97. The van der Waals surface area contributed by atoms with Crippen LogP contribution in [0.5, 0.6) is 11.5 Å². The Labute approximate surface area is 137 Å². The third kappa shape index (κ3) is 2.81. The Kier molecular flexibility index (Phi) is 4.07. The Bertz CT molecular complexity index is 779. The van der Waals surface area contributed by atoms with Gasteiger partial charge in [0.05, 0.1) is 28.7 Å². The molecule has 0 amide bonds. The third-order valence-corrected chi connectivity index (χ3v) is 3.83. The molecule has 0 bridgehead atoms. The van der Waals surface area contributed by atoms with Crippen LogP contribution in [0.1, 0.15) is 13.8 Å². The number of nitrogens with zero attached hydrogens (tertiary/aromatic N) is 1. The van der Waals surface area contributed by atoms with Crippen molar-refractivity contribution in [2.24, 2.45) is 0 Å². The summed E-state index contributed by atoms with van der Waals surface area (Å²) in [5.74, 6) is 2.19. The van der Waals surface area contributed by atoms with Gasteiger partial charge in [0.15, 0.2) is 11.5 Å². The summed E-state index contributed by atoms with van der Waals surface area (Å²) in [5.41, 5.74) is 2.89. The summed E-state index contributed by atoms with van der Waals surface area (Å²) in [4.78, 5) is 7.94. The molecule has 0 aliphatic heterocycles. The van der Waals surface area contributed by atoms with Gasteiger partial charge in [-0.05, 0) is 54.0 Å². The number of para-hydroxylation sites is 2. The van der Waals surface area contributed by atoms with E-state index < -0.39 is 0 Å². The van der Waals surface area contributed by atoms with Gasteiger partial charge in [0.2, 0.25) is 0 Å². The number of imidazole rings is 1. The van der Waals surface area contributed by atoms with Crippen LogP contribution in [0.25, 0.3) is 22.4 Å². The zero-order valence-corrected chi connectivity index (χ0v) is 14.3. The maximum Gasteiger partial charge on any atom is 0.175 e. The van der Waals surface area contributed by atoms with Crippen molar-refractivity contribution in [2.75, 3.05) is 7.11 Å². The molecule has 0 saturated heterocycles. The van der Waals surface area contributed by atoms with Gasteiger partial charge in [-0.1, -0.05) is 12.1 Å². The highest BCUT2D eigenvalue weighted by Gasteiger charge is 2.15. The lowest BCUT2D eigenvalue weighted by atomic mass is 10.2. The quantitative estimate of drug-likeness (QED) is 0.727. The first-order chi connectivity index (χ1) is 10.6. The molecule has 114 valence electrons. The molecular weight excluding hydrogens is 344 g/mol. The lowest BCUT2D eigenvalue weighted by molar-refractivity contribution is 0.228. The summed E-state index contributed by atoms with van der Waals surface area (Å²) in [6.07, 6.45) is 0.0715. The number of nitrogens with one attached hydrogen (secondary N) is 1. The van der Waals surface area contributed by atoms with E-state index >= 15 is 0 Å². The topological polar surface area (TPSA) is 47.1 Å². The van der Waals surface area contributed by atoms with E-state index in [9.17, 15) is 0 Å². The van der Waals surface area contributed by atoms with Crippen LogP contribution in [0.4, 0.5) is 0 Å². The van der Waals surface area contributed by atoms with Gasteiger partial charge < -0.3 is 14.5 Å². The van der Waals surface area contributed by atoms with Gasteiger partial charge >= 0.3 is 0 Å². The van der Waals surface area contributed by atoms with Crippen LogP contribution in [-0.4, -0.2) is 23.2 Å². The average molecular weight is 361 g/mol. The number of hydrogen-bond acceptors (Lipinski definition) is 3. The predicted octanol–water partition coefficient (Wildman–Crippen LogP) is 4.79. The van der Waals surface area contributed by atoms with Crippen molar-refractivity contribution in [1.82, 2.24) is 9.97 Å².